The predicted octanol–water partition coefficient (Wildman–Crippen LogP) is 2.81. The average Bonchev–Trinajstić information content (AvgIpc) is 3.41. The van der Waals surface area contributed by atoms with Crippen molar-refractivity contribution in [2.75, 3.05) is 12.9 Å². The Balaban J connectivity index is 1.45. The van der Waals surface area contributed by atoms with E-state index in [1.54, 1.807) is 18.6 Å². The van der Waals surface area contributed by atoms with Gasteiger partial charge in [-0.25, -0.2) is 17.8 Å². The van der Waals surface area contributed by atoms with Crippen LogP contribution >= 0.6 is 0 Å². The molecule has 2 aromatic heterocycles. The zero-order chi connectivity index (χ0) is 23.3. The molecule has 174 valence electrons. The van der Waals surface area contributed by atoms with Gasteiger partial charge in [0.05, 0.1) is 12.9 Å². The highest BCUT2D eigenvalue weighted by Crippen LogP contribution is 2.33. The molecule has 0 spiro atoms. The van der Waals surface area contributed by atoms with Crippen molar-refractivity contribution in [2.24, 2.45) is 0 Å². The third-order valence-electron chi connectivity index (χ3n) is 6.47. The summed E-state index contributed by atoms with van der Waals surface area (Å²) in [4.78, 5) is 4.67. The van der Waals surface area contributed by atoms with Crippen molar-refractivity contribution in [1.29, 1.82) is 0 Å². The average molecular weight is 472 g/mol. The van der Waals surface area contributed by atoms with E-state index < -0.39 is 10.0 Å². The summed E-state index contributed by atoms with van der Waals surface area (Å²) in [6.45, 7) is 4.36. The molecule has 0 amide bonds. The first-order chi connectivity index (χ1) is 15.7. The fourth-order valence-corrected chi connectivity index (χ4v) is 6.56. The molecule has 8 nitrogen and oxygen atoms in total. The van der Waals surface area contributed by atoms with Crippen LogP contribution < -0.4 is 4.74 Å². The van der Waals surface area contributed by atoms with Gasteiger partial charge in [0.1, 0.15) is 23.7 Å². The van der Waals surface area contributed by atoms with Crippen molar-refractivity contribution in [2.45, 2.75) is 51.6 Å². The van der Waals surface area contributed by atoms with Crippen LogP contribution in [0.1, 0.15) is 42.8 Å². The molecule has 3 aromatic rings. The molecule has 0 bridgehead atoms. The van der Waals surface area contributed by atoms with Crippen LogP contribution in [0.2, 0.25) is 0 Å². The number of hydrogen-bond acceptors (Lipinski definition) is 6. The maximum atomic E-state index is 14.5. The molecule has 0 aliphatic carbocycles. The van der Waals surface area contributed by atoms with Gasteiger partial charge in [0.25, 0.3) is 0 Å². The van der Waals surface area contributed by atoms with Gasteiger partial charge in [-0.15, -0.1) is 10.2 Å². The monoisotopic (exact) mass is 471 g/mol. The number of rotatable bonds is 5. The minimum Gasteiger partial charge on any atom is -0.493 e. The van der Waals surface area contributed by atoms with E-state index in [4.69, 9.17) is 4.74 Å². The number of hydrogen-bond donors (Lipinski definition) is 0. The van der Waals surface area contributed by atoms with E-state index in [-0.39, 0.29) is 17.9 Å². The van der Waals surface area contributed by atoms with Crippen molar-refractivity contribution in [3.05, 3.63) is 59.1 Å². The lowest BCUT2D eigenvalue weighted by molar-refractivity contribution is 0.301. The fraction of sp³-hybridized carbons (Fsp3) is 0.435. The molecule has 5 rings (SSSR count). The van der Waals surface area contributed by atoms with E-state index in [1.165, 1.54) is 16.6 Å². The van der Waals surface area contributed by atoms with E-state index >= 15 is 0 Å². The normalized spacial score (nSPS) is 21.2. The molecule has 0 saturated heterocycles. The smallest absolute Gasteiger partial charge is 0.211 e. The zero-order valence-corrected chi connectivity index (χ0v) is 19.6. The van der Waals surface area contributed by atoms with E-state index in [0.717, 1.165) is 28.3 Å². The minimum absolute atomic E-state index is 0.178. The molecule has 33 heavy (non-hydrogen) atoms. The summed E-state index contributed by atoms with van der Waals surface area (Å²) >= 11 is 0. The quantitative estimate of drug-likeness (QED) is 0.569. The molecule has 2 unspecified atom stereocenters. The molecule has 0 N–H and O–H groups in total. The number of aromatic nitrogens is 4. The topological polar surface area (TPSA) is 89.7 Å². The Bertz CT molecular complexity index is 1370. The number of ether oxygens (including phenoxy) is 1. The van der Waals surface area contributed by atoms with Crippen LogP contribution in [0.4, 0.5) is 4.39 Å². The van der Waals surface area contributed by atoms with Crippen molar-refractivity contribution < 1.29 is 17.5 Å². The van der Waals surface area contributed by atoms with E-state index in [1.807, 2.05) is 24.3 Å². The number of fused-ring (bicyclic) bond motifs is 2. The summed E-state index contributed by atoms with van der Waals surface area (Å²) in [6.07, 6.45) is 8.88. The lowest BCUT2D eigenvalue weighted by Gasteiger charge is -2.36. The largest absolute Gasteiger partial charge is 0.493 e. The standard InChI is InChI=1S/C23H26FN5O3S/c1-14-10-16(11-15(2)29(14)33(3,30)31)19-12-25-22(28-13-26-27-23(19)28)7-4-17-18-8-9-32-21(18)6-5-20(17)24/h5-6,10,12-15H,4,7-9,11H2,1-3H3. The number of nitrogens with zero attached hydrogens (tertiary/aromatic N) is 5. The molecule has 1 aromatic carbocycles. The minimum atomic E-state index is -3.31. The first-order valence-electron chi connectivity index (χ1n) is 11.0. The van der Waals surface area contributed by atoms with Crippen LogP contribution in [0.5, 0.6) is 5.75 Å². The first-order valence-corrected chi connectivity index (χ1v) is 12.9. The van der Waals surface area contributed by atoms with Gasteiger partial charge in [0.2, 0.25) is 10.0 Å². The van der Waals surface area contributed by atoms with Crippen molar-refractivity contribution >= 4 is 21.2 Å². The first kappa shape index (κ1) is 22.0. The van der Waals surface area contributed by atoms with Crippen LogP contribution in [0.25, 0.3) is 11.2 Å². The lowest BCUT2D eigenvalue weighted by Crippen LogP contribution is -2.45. The van der Waals surface area contributed by atoms with Gasteiger partial charge in [-0.3, -0.25) is 4.40 Å². The highest BCUT2D eigenvalue weighted by atomic mass is 32.2. The Hall–Kier alpha value is -2.85. The Labute approximate surface area is 192 Å². The Morgan fingerprint density at radius 1 is 1.24 bits per heavy atom. The summed E-state index contributed by atoms with van der Waals surface area (Å²) in [5, 5.41) is 8.39. The van der Waals surface area contributed by atoms with Crippen LogP contribution in [0.3, 0.4) is 0 Å². The highest BCUT2D eigenvalue weighted by Gasteiger charge is 2.33. The summed E-state index contributed by atoms with van der Waals surface area (Å²) in [6, 6.07) is 2.70. The second-order valence-corrected chi connectivity index (χ2v) is 10.7. The summed E-state index contributed by atoms with van der Waals surface area (Å²) in [5.74, 6) is 1.28. The van der Waals surface area contributed by atoms with Gasteiger partial charge >= 0.3 is 0 Å². The van der Waals surface area contributed by atoms with E-state index in [2.05, 4.69) is 15.2 Å². The van der Waals surface area contributed by atoms with Gasteiger partial charge < -0.3 is 4.74 Å². The molecule has 0 radical (unpaired) electrons. The van der Waals surface area contributed by atoms with E-state index in [0.29, 0.717) is 43.5 Å². The maximum Gasteiger partial charge on any atom is 0.211 e. The summed E-state index contributed by atoms with van der Waals surface area (Å²) in [7, 11) is -3.31. The van der Waals surface area contributed by atoms with Crippen LogP contribution in [-0.2, 0) is 29.3 Å². The van der Waals surface area contributed by atoms with E-state index in [9.17, 15) is 12.8 Å². The predicted molar refractivity (Wildman–Crippen MR) is 122 cm³/mol. The van der Waals surface area contributed by atoms with Crippen molar-refractivity contribution in [1.82, 2.24) is 23.9 Å². The van der Waals surface area contributed by atoms with Gasteiger partial charge in [-0.05, 0) is 50.0 Å². The molecule has 4 heterocycles. The molecule has 2 atom stereocenters. The second-order valence-electron chi connectivity index (χ2n) is 8.79. The van der Waals surface area contributed by atoms with Crippen molar-refractivity contribution in [3.8, 4) is 5.75 Å². The van der Waals surface area contributed by atoms with Crippen molar-refractivity contribution in [3.63, 3.8) is 0 Å². The molecule has 0 saturated carbocycles. The zero-order valence-electron chi connectivity index (χ0n) is 18.8. The third kappa shape index (κ3) is 3.91. The molecular formula is C23H26FN5O3S. The summed E-state index contributed by atoms with van der Waals surface area (Å²) in [5.41, 5.74) is 4.12. The second kappa shape index (κ2) is 8.18. The Morgan fingerprint density at radius 2 is 2.06 bits per heavy atom. The number of aryl methyl sites for hydroxylation is 1. The SMILES string of the molecule is CC1C=C(c2cnc(CCc3c(F)ccc4c3CCO4)n3cnnc23)CC(C)N1S(C)(=O)=O. The fourth-order valence-electron chi connectivity index (χ4n) is 5.17. The third-order valence-corrected chi connectivity index (χ3v) is 7.93. The molecule has 0 fully saturated rings. The highest BCUT2D eigenvalue weighted by molar-refractivity contribution is 7.88. The van der Waals surface area contributed by atoms with Crippen LogP contribution in [0, 0.1) is 5.82 Å². The van der Waals surface area contributed by atoms with Gasteiger partial charge in [0, 0.05) is 42.2 Å². The molecular weight excluding hydrogens is 445 g/mol. The molecule has 2 aliphatic rings. The van der Waals surface area contributed by atoms with Gasteiger partial charge in [0.15, 0.2) is 5.65 Å². The Morgan fingerprint density at radius 3 is 2.82 bits per heavy atom. The summed E-state index contributed by atoms with van der Waals surface area (Å²) < 4.78 is 47.8. The van der Waals surface area contributed by atoms with Gasteiger partial charge in [-0.2, -0.15) is 4.31 Å². The number of sulfonamides is 1. The van der Waals surface area contributed by atoms with Gasteiger partial charge in [-0.1, -0.05) is 6.08 Å². The maximum absolute atomic E-state index is 14.5. The van der Waals surface area contributed by atoms with Crippen LogP contribution in [0.15, 0.2) is 30.7 Å². The number of halogens is 1. The molecule has 10 heteroatoms. The molecule has 2 aliphatic heterocycles. The van der Waals surface area contributed by atoms with Crippen LogP contribution in [-0.4, -0.2) is 57.3 Å². The number of benzene rings is 1. The lowest BCUT2D eigenvalue weighted by atomic mass is 9.94. The Kier molecular flexibility index (Phi) is 5.44.